The van der Waals surface area contributed by atoms with Crippen LogP contribution in [-0.4, -0.2) is 32.8 Å². The largest absolute Gasteiger partial charge is 0.463 e. The molecule has 0 atom stereocenters. The molecule has 2 N–H and O–H groups in total. The smallest absolute Gasteiger partial charge is 0.377 e. The summed E-state index contributed by atoms with van der Waals surface area (Å²) >= 11 is 0. The number of carbonyl (C=O) groups excluding carboxylic acids is 1. The van der Waals surface area contributed by atoms with Crippen molar-refractivity contribution in [2.24, 2.45) is 0 Å². The molecule has 0 fully saturated rings. The molecule has 0 aliphatic rings. The van der Waals surface area contributed by atoms with Crippen molar-refractivity contribution in [3.8, 4) is 6.01 Å². The van der Waals surface area contributed by atoms with Gasteiger partial charge >= 0.3 is 12.0 Å². The summed E-state index contributed by atoms with van der Waals surface area (Å²) in [5, 5.41) is 3.91. The average Bonchev–Trinajstić information content (AvgIpc) is 3.04. The molecule has 3 aromatic rings. The van der Waals surface area contributed by atoms with Gasteiger partial charge in [0.25, 0.3) is 5.82 Å². The van der Waals surface area contributed by atoms with E-state index in [1.165, 1.54) is 18.1 Å². The third-order valence-corrected chi connectivity index (χ3v) is 2.49. The van der Waals surface area contributed by atoms with Gasteiger partial charge in [0.05, 0.1) is 12.8 Å². The number of methoxy groups -OCH3 is 1. The molecule has 0 radical (unpaired) electrons. The van der Waals surface area contributed by atoms with E-state index in [0.717, 1.165) is 0 Å². The van der Waals surface area contributed by atoms with Gasteiger partial charge in [-0.1, -0.05) is 6.07 Å². The summed E-state index contributed by atoms with van der Waals surface area (Å²) < 4.78 is 11.2. The molecule has 0 spiro atoms. The van der Waals surface area contributed by atoms with E-state index in [1.807, 2.05) is 0 Å². The quantitative estimate of drug-likeness (QED) is 0.534. The van der Waals surface area contributed by atoms with Gasteiger partial charge < -0.3 is 14.9 Å². The second-order valence-electron chi connectivity index (χ2n) is 3.69. The Labute approximate surface area is 106 Å². The van der Waals surface area contributed by atoms with Crippen LogP contribution in [0.2, 0.25) is 0 Å². The highest BCUT2D eigenvalue weighted by molar-refractivity contribution is 5.86. The number of benzene rings is 1. The van der Waals surface area contributed by atoms with Crippen LogP contribution in [0, 0.1) is 0 Å². The Hall–Kier alpha value is -2.90. The van der Waals surface area contributed by atoms with Gasteiger partial charge in [-0.05, 0) is 12.1 Å². The number of hydrogen-bond donors (Lipinski definition) is 1. The Morgan fingerprint density at radius 1 is 1.47 bits per heavy atom. The van der Waals surface area contributed by atoms with Gasteiger partial charge in [-0.2, -0.15) is 9.67 Å². The van der Waals surface area contributed by atoms with E-state index in [9.17, 15) is 4.79 Å². The average molecular weight is 259 g/mol. The summed E-state index contributed by atoms with van der Waals surface area (Å²) in [6.45, 7) is 0. The molecule has 0 bridgehead atoms. The standard InChI is InChI=1S/C11H9N5O3/c1-18-10(17)9-13-5-16(15-9)11-14-8-6(12)3-2-4-7(8)19-11/h2-5H,12H2,1H3. The predicted octanol–water partition coefficient (Wildman–Crippen LogP) is 0.777. The number of nitrogens with zero attached hydrogens (tertiary/aromatic N) is 4. The number of nitrogens with two attached hydrogens (primary N) is 1. The third-order valence-electron chi connectivity index (χ3n) is 2.49. The Morgan fingerprint density at radius 3 is 3.05 bits per heavy atom. The number of rotatable bonds is 2. The molecule has 1 aromatic carbocycles. The van der Waals surface area contributed by atoms with Crippen LogP contribution in [0.5, 0.6) is 0 Å². The van der Waals surface area contributed by atoms with Gasteiger partial charge in [0.2, 0.25) is 0 Å². The van der Waals surface area contributed by atoms with E-state index in [0.29, 0.717) is 16.8 Å². The maximum atomic E-state index is 11.3. The molecule has 96 valence electrons. The minimum Gasteiger partial charge on any atom is -0.463 e. The summed E-state index contributed by atoms with van der Waals surface area (Å²) in [7, 11) is 1.25. The number of aromatic nitrogens is 4. The Kier molecular flexibility index (Phi) is 2.41. The molecule has 8 heteroatoms. The van der Waals surface area contributed by atoms with Crippen LogP contribution in [-0.2, 0) is 4.74 Å². The molecule has 8 nitrogen and oxygen atoms in total. The maximum Gasteiger partial charge on any atom is 0.377 e. The second kappa shape index (κ2) is 4.09. The lowest BCUT2D eigenvalue weighted by Gasteiger charge is -1.91. The topological polar surface area (TPSA) is 109 Å². The molecule has 0 aliphatic heterocycles. The summed E-state index contributed by atoms with van der Waals surface area (Å²) in [5.74, 6) is -0.702. The van der Waals surface area contributed by atoms with Gasteiger partial charge in [-0.15, -0.1) is 5.10 Å². The number of carbonyl (C=O) groups is 1. The zero-order chi connectivity index (χ0) is 13.4. The molecule has 0 amide bonds. The van der Waals surface area contributed by atoms with Crippen LogP contribution in [0.4, 0.5) is 5.69 Å². The molecule has 19 heavy (non-hydrogen) atoms. The summed E-state index contributed by atoms with van der Waals surface area (Å²) in [4.78, 5) is 19.3. The SMILES string of the molecule is COC(=O)c1ncn(-c2nc3c(N)cccc3o2)n1. The normalized spacial score (nSPS) is 10.8. The number of oxazole rings is 1. The number of esters is 1. The first kappa shape index (κ1) is 11.2. The Bertz CT molecular complexity index is 761. The van der Waals surface area contributed by atoms with E-state index in [4.69, 9.17) is 10.2 Å². The predicted molar refractivity (Wildman–Crippen MR) is 64.7 cm³/mol. The van der Waals surface area contributed by atoms with E-state index in [2.05, 4.69) is 19.8 Å². The van der Waals surface area contributed by atoms with Crippen LogP contribution >= 0.6 is 0 Å². The molecule has 0 saturated heterocycles. The van der Waals surface area contributed by atoms with E-state index < -0.39 is 5.97 Å². The van der Waals surface area contributed by atoms with Crippen LogP contribution in [0.3, 0.4) is 0 Å². The molecule has 2 heterocycles. The fraction of sp³-hybridized carbons (Fsp3) is 0.0909. The van der Waals surface area contributed by atoms with Crippen LogP contribution in [0.1, 0.15) is 10.6 Å². The highest BCUT2D eigenvalue weighted by Gasteiger charge is 2.15. The zero-order valence-corrected chi connectivity index (χ0v) is 9.90. The highest BCUT2D eigenvalue weighted by Crippen LogP contribution is 2.22. The number of ether oxygens (including phenoxy) is 1. The lowest BCUT2D eigenvalue weighted by molar-refractivity contribution is 0.0587. The number of para-hydroxylation sites is 1. The van der Waals surface area contributed by atoms with Crippen LogP contribution < -0.4 is 5.73 Å². The number of fused-ring (bicyclic) bond motifs is 1. The fourth-order valence-electron chi connectivity index (χ4n) is 1.60. The van der Waals surface area contributed by atoms with Crippen molar-refractivity contribution in [1.82, 2.24) is 19.7 Å². The number of nitrogen functional groups attached to an aromatic ring is 1. The molecule has 0 aliphatic carbocycles. The Morgan fingerprint density at radius 2 is 2.32 bits per heavy atom. The number of hydrogen-bond acceptors (Lipinski definition) is 7. The minimum atomic E-state index is -0.630. The van der Waals surface area contributed by atoms with E-state index in [1.54, 1.807) is 18.2 Å². The molecule has 2 aromatic heterocycles. The Balaban J connectivity index is 2.07. The van der Waals surface area contributed by atoms with Gasteiger partial charge in [0.15, 0.2) is 5.58 Å². The number of anilines is 1. The van der Waals surface area contributed by atoms with E-state index >= 15 is 0 Å². The zero-order valence-electron chi connectivity index (χ0n) is 9.90. The maximum absolute atomic E-state index is 11.3. The first-order chi connectivity index (χ1) is 9.19. The summed E-state index contributed by atoms with van der Waals surface area (Å²) in [6, 6.07) is 5.39. The van der Waals surface area contributed by atoms with Crippen LogP contribution in [0.25, 0.3) is 17.1 Å². The second-order valence-corrected chi connectivity index (χ2v) is 3.69. The first-order valence-corrected chi connectivity index (χ1v) is 5.34. The highest BCUT2D eigenvalue weighted by atomic mass is 16.5. The van der Waals surface area contributed by atoms with Crippen molar-refractivity contribution < 1.29 is 13.9 Å². The monoisotopic (exact) mass is 259 g/mol. The van der Waals surface area contributed by atoms with Crippen molar-refractivity contribution in [2.45, 2.75) is 0 Å². The molecular formula is C11H9N5O3. The summed E-state index contributed by atoms with van der Waals surface area (Å²) in [5.41, 5.74) is 7.35. The fourth-order valence-corrected chi connectivity index (χ4v) is 1.60. The third kappa shape index (κ3) is 1.79. The van der Waals surface area contributed by atoms with Gasteiger partial charge in [-0.3, -0.25) is 0 Å². The molecule has 3 rings (SSSR count). The first-order valence-electron chi connectivity index (χ1n) is 5.34. The lowest BCUT2D eigenvalue weighted by Crippen LogP contribution is -2.05. The molecule has 0 saturated carbocycles. The van der Waals surface area contributed by atoms with Crippen molar-refractivity contribution in [3.63, 3.8) is 0 Å². The van der Waals surface area contributed by atoms with Gasteiger partial charge in [0, 0.05) is 0 Å². The molecule has 0 unspecified atom stereocenters. The summed E-state index contributed by atoms with van der Waals surface area (Å²) in [6.07, 6.45) is 1.31. The van der Waals surface area contributed by atoms with E-state index in [-0.39, 0.29) is 11.8 Å². The van der Waals surface area contributed by atoms with Crippen molar-refractivity contribution >= 4 is 22.8 Å². The lowest BCUT2D eigenvalue weighted by atomic mass is 10.3. The van der Waals surface area contributed by atoms with Gasteiger partial charge in [0.1, 0.15) is 11.8 Å². The van der Waals surface area contributed by atoms with Gasteiger partial charge in [-0.25, -0.2) is 9.78 Å². The van der Waals surface area contributed by atoms with Crippen molar-refractivity contribution in [3.05, 3.63) is 30.4 Å². The van der Waals surface area contributed by atoms with Crippen molar-refractivity contribution in [1.29, 1.82) is 0 Å². The molecular weight excluding hydrogens is 250 g/mol. The van der Waals surface area contributed by atoms with Crippen molar-refractivity contribution in [2.75, 3.05) is 12.8 Å². The van der Waals surface area contributed by atoms with Crippen LogP contribution in [0.15, 0.2) is 28.9 Å². The minimum absolute atomic E-state index is 0.0715.